The maximum atomic E-state index is 14.0. The molecule has 0 spiro atoms. The van der Waals surface area contributed by atoms with Crippen LogP contribution in [0.25, 0.3) is 21.9 Å². The van der Waals surface area contributed by atoms with E-state index in [-0.39, 0.29) is 0 Å². The highest BCUT2D eigenvalue weighted by molar-refractivity contribution is 7.91. The van der Waals surface area contributed by atoms with Gasteiger partial charge in [0.05, 0.1) is 9.79 Å². The van der Waals surface area contributed by atoms with Crippen LogP contribution >= 0.6 is 0 Å². The number of benzene rings is 14. The third-order valence-corrected chi connectivity index (χ3v) is 26.0. The highest BCUT2D eigenvalue weighted by Crippen LogP contribution is 2.57. The lowest BCUT2D eigenvalue weighted by Crippen LogP contribution is -2.54. The van der Waals surface area contributed by atoms with E-state index in [2.05, 4.69) is 260 Å². The maximum absolute atomic E-state index is 14.0. The number of ether oxygens (including phenoxy) is 3. The summed E-state index contributed by atoms with van der Waals surface area (Å²) in [6, 6.07) is 75.8. The van der Waals surface area contributed by atoms with Gasteiger partial charge in [-0.1, -0.05) is 146 Å². The van der Waals surface area contributed by atoms with Crippen molar-refractivity contribution in [1.82, 2.24) is 0 Å². The number of aryl methyl sites for hydroxylation is 28. The van der Waals surface area contributed by atoms with Crippen molar-refractivity contribution in [2.75, 3.05) is 0 Å². The molecule has 0 aliphatic carbocycles. The first kappa shape index (κ1) is 98.7. The van der Waals surface area contributed by atoms with Crippen LogP contribution in [0.3, 0.4) is 0 Å². The molecule has 14 aromatic rings. The topological polar surface area (TPSA) is 61.8 Å². The van der Waals surface area contributed by atoms with Crippen molar-refractivity contribution >= 4 is 20.6 Å². The van der Waals surface area contributed by atoms with E-state index in [1.807, 2.05) is 88.4 Å². The van der Waals surface area contributed by atoms with Crippen molar-refractivity contribution in [2.45, 2.75) is 221 Å². The summed E-state index contributed by atoms with van der Waals surface area (Å²) in [4.78, 5) is 0.720. The standard InChI is InChI=1S/C22H22O2.C19H18F6.C16H18O2S.C16H18O.C16H18.C14H16.C10H14/c1-15-5-7-21(13-17(15)3)23-19-9-11-20(12-10-19)24-22-8-6-16(2)18(4)14-22;1-11-5-7-15(9-13(11)3)17(18(20,21)22,19(23,24)25)16-8-6-12(2)14(4)10-16;1-11-5-7-15(9-13(11)3)19(17,18)16-8-6-12(2)14(4)10-16;1-11-5-7-15(9-13(11)3)17-16-8-6-12(2)14(4)10-16;1-11-5-7-15(9-13(11)3)16-8-6-12(2)14(4)10-16;1-9-5-6-11(3)14-12(4)8-7-10(2)13(9)14;1-7-5-9(3)10(4)6-8(7)2/h5-14H,1-4H3;5-10H,1-4H3;5-10H,1-4H3;5-10H,1-4H3;5-10H,1-4H3;5-8H,1-4H3;5-6H,1-4H3. The van der Waals surface area contributed by atoms with Crippen LogP contribution in [-0.4, -0.2) is 20.8 Å². The fourth-order valence-electron chi connectivity index (χ4n) is 14.1. The quantitative estimate of drug-likeness (QED) is 0.121. The van der Waals surface area contributed by atoms with Gasteiger partial charge in [-0.25, -0.2) is 8.42 Å². The van der Waals surface area contributed by atoms with Gasteiger partial charge < -0.3 is 14.2 Å². The second-order valence-electron chi connectivity index (χ2n) is 33.9. The smallest absolute Gasteiger partial charge is 0.411 e. The Labute approximate surface area is 741 Å². The number of sulfone groups is 1. The van der Waals surface area contributed by atoms with Crippen LogP contribution in [0.4, 0.5) is 26.3 Å². The minimum Gasteiger partial charge on any atom is -0.457 e. The molecule has 0 fully saturated rings. The summed E-state index contributed by atoms with van der Waals surface area (Å²) in [5.74, 6) is 5.09. The molecule has 654 valence electrons. The van der Waals surface area contributed by atoms with Gasteiger partial charge in [-0.3, -0.25) is 0 Å². The van der Waals surface area contributed by atoms with Gasteiger partial charge in [-0.05, 0) is 480 Å². The highest BCUT2D eigenvalue weighted by atomic mass is 32.2. The van der Waals surface area contributed by atoms with Crippen LogP contribution < -0.4 is 14.2 Å². The molecule has 0 atom stereocenters. The predicted molar refractivity (Wildman–Crippen MR) is 511 cm³/mol. The molecule has 0 saturated heterocycles. The summed E-state index contributed by atoms with van der Waals surface area (Å²) in [6.45, 7) is 56.9. The predicted octanol–water partition coefficient (Wildman–Crippen LogP) is 32.9. The number of alkyl halides is 6. The van der Waals surface area contributed by atoms with Crippen molar-refractivity contribution in [3.05, 3.63) is 410 Å². The Morgan fingerprint density at radius 1 is 0.184 bits per heavy atom. The molecule has 14 rings (SSSR count). The van der Waals surface area contributed by atoms with E-state index in [0.717, 1.165) is 81.0 Å². The van der Waals surface area contributed by atoms with Crippen molar-refractivity contribution in [3.8, 4) is 45.6 Å². The summed E-state index contributed by atoms with van der Waals surface area (Å²) < 4.78 is 127. The number of hydrogen-bond donors (Lipinski definition) is 0. The lowest BCUT2D eigenvalue weighted by molar-refractivity contribution is -0.288. The van der Waals surface area contributed by atoms with Crippen LogP contribution in [0, 0.1) is 194 Å². The summed E-state index contributed by atoms with van der Waals surface area (Å²) in [7, 11) is -3.42. The molecule has 0 aromatic heterocycles. The Bertz CT molecular complexity index is 5850. The number of rotatable bonds is 11. The zero-order valence-corrected chi connectivity index (χ0v) is 79.1. The van der Waals surface area contributed by atoms with Crippen molar-refractivity contribution < 1.29 is 49.0 Å². The van der Waals surface area contributed by atoms with Gasteiger partial charge >= 0.3 is 12.4 Å². The van der Waals surface area contributed by atoms with E-state index < -0.39 is 38.7 Å². The largest absolute Gasteiger partial charge is 0.457 e. The fraction of sp³-hybridized carbons (Fsp3) is 0.274. The molecule has 0 unspecified atom stereocenters. The van der Waals surface area contributed by atoms with Crippen LogP contribution in [-0.2, 0) is 15.3 Å². The van der Waals surface area contributed by atoms with E-state index in [9.17, 15) is 34.8 Å². The second-order valence-corrected chi connectivity index (χ2v) is 35.8. The minimum atomic E-state index is -5.55. The van der Waals surface area contributed by atoms with Gasteiger partial charge in [0, 0.05) is 0 Å². The Hall–Kier alpha value is -11.7. The zero-order valence-electron chi connectivity index (χ0n) is 78.3. The van der Waals surface area contributed by atoms with Crippen LogP contribution in [0.5, 0.6) is 34.5 Å². The minimum absolute atomic E-state index is 0.360. The second kappa shape index (κ2) is 42.3. The first-order chi connectivity index (χ1) is 58.5. The third-order valence-electron chi connectivity index (χ3n) is 24.2. The third kappa shape index (κ3) is 25.3. The number of fused-ring (bicyclic) bond motifs is 1. The first-order valence-corrected chi connectivity index (χ1v) is 43.8. The Morgan fingerprint density at radius 3 is 0.592 bits per heavy atom. The summed E-state index contributed by atoms with van der Waals surface area (Å²) in [5.41, 5.74) is 29.7. The molecule has 0 amide bonds. The van der Waals surface area contributed by atoms with Crippen LogP contribution in [0.1, 0.15) is 167 Å². The monoisotopic (exact) mass is 1710 g/mol. The molecule has 5 nitrogen and oxygen atoms in total. The molecule has 125 heavy (non-hydrogen) atoms. The van der Waals surface area contributed by atoms with E-state index >= 15 is 0 Å². The molecule has 0 bridgehead atoms. The van der Waals surface area contributed by atoms with E-state index in [1.54, 1.807) is 38.1 Å². The summed E-state index contributed by atoms with van der Waals surface area (Å²) >= 11 is 0. The van der Waals surface area contributed by atoms with Gasteiger partial charge in [0.2, 0.25) is 15.3 Å². The molecule has 0 radical (unpaired) electrons. The fourth-order valence-corrected chi connectivity index (χ4v) is 15.5. The molecular weight excluding hydrogens is 1580 g/mol. The van der Waals surface area contributed by atoms with Crippen molar-refractivity contribution in [3.63, 3.8) is 0 Å². The summed E-state index contributed by atoms with van der Waals surface area (Å²) in [6.07, 6.45) is -11.1. The normalized spacial score (nSPS) is 11.2. The maximum Gasteiger partial charge on any atom is 0.411 e. The first-order valence-electron chi connectivity index (χ1n) is 42.3. The van der Waals surface area contributed by atoms with E-state index in [0.29, 0.717) is 32.0 Å². The Morgan fingerprint density at radius 2 is 0.368 bits per heavy atom. The zero-order chi connectivity index (χ0) is 92.7. The molecule has 14 aromatic carbocycles. The highest BCUT2D eigenvalue weighted by Gasteiger charge is 2.72. The molecule has 0 aliphatic heterocycles. The molecule has 0 aliphatic rings. The average Bonchev–Trinajstić information content (AvgIpc) is 0.712. The van der Waals surface area contributed by atoms with Gasteiger partial charge in [0.15, 0.2) is 0 Å². The van der Waals surface area contributed by atoms with Crippen LogP contribution in [0.15, 0.2) is 252 Å². The molecule has 0 heterocycles. The Kier molecular flexibility index (Phi) is 33.4. The van der Waals surface area contributed by atoms with E-state index in [1.165, 1.54) is 159 Å². The molecule has 0 saturated carbocycles. The molecule has 12 heteroatoms. The average molecular weight is 1710 g/mol. The van der Waals surface area contributed by atoms with Crippen molar-refractivity contribution in [2.24, 2.45) is 0 Å². The summed E-state index contributed by atoms with van der Waals surface area (Å²) in [5, 5.41) is 2.87. The van der Waals surface area contributed by atoms with Crippen LogP contribution in [0.2, 0.25) is 0 Å². The number of halogens is 6. The van der Waals surface area contributed by atoms with Gasteiger partial charge in [-0.2, -0.15) is 26.3 Å². The van der Waals surface area contributed by atoms with Gasteiger partial charge in [-0.15, -0.1) is 0 Å². The SMILES string of the molecule is Cc1cc(C)c(C)cc1C.Cc1ccc(-c2ccc(C)c(C)c2)cc1C.Cc1ccc(C(c2ccc(C)c(C)c2)(C(F)(F)F)C(F)(F)F)cc1C.Cc1ccc(C)c2c(C)ccc(C)c12.Cc1ccc(Oc2ccc(C)c(C)c2)cc1C.Cc1ccc(Oc2ccc(Oc3ccc(C)c(C)c3)cc2)cc1C.Cc1ccc(S(=O)(=O)c2ccc(C)c(C)c2)cc1C. The Balaban J connectivity index is 0.000000183. The van der Waals surface area contributed by atoms with Gasteiger partial charge in [0.1, 0.15) is 34.5 Å². The lowest BCUT2D eigenvalue weighted by Gasteiger charge is -2.38. The number of hydrogen-bond acceptors (Lipinski definition) is 5. The molecular formula is C113H124F6O5S. The lowest BCUT2D eigenvalue weighted by atomic mass is 9.71. The van der Waals surface area contributed by atoms with Gasteiger partial charge in [0.25, 0.3) is 0 Å². The van der Waals surface area contributed by atoms with Crippen molar-refractivity contribution in [1.29, 1.82) is 0 Å². The van der Waals surface area contributed by atoms with E-state index in [4.69, 9.17) is 14.2 Å². The molecule has 0 N–H and O–H groups in total.